The molecule has 1 N–H and O–H groups in total. The van der Waals surface area contributed by atoms with E-state index in [2.05, 4.69) is 4.99 Å². The zero-order valence-corrected chi connectivity index (χ0v) is 15.3. The van der Waals surface area contributed by atoms with Crippen LogP contribution in [0, 0.1) is 6.92 Å². The van der Waals surface area contributed by atoms with Gasteiger partial charge in [0.2, 0.25) is 0 Å². The Bertz CT molecular complexity index is 1380. The van der Waals surface area contributed by atoms with Gasteiger partial charge < -0.3 is 5.11 Å². The van der Waals surface area contributed by atoms with Crippen molar-refractivity contribution in [2.75, 3.05) is 0 Å². The molecule has 1 aliphatic heterocycles. The highest BCUT2D eigenvalue weighted by Gasteiger charge is 2.26. The lowest BCUT2D eigenvalue weighted by Crippen LogP contribution is -2.26. The first-order valence-corrected chi connectivity index (χ1v) is 9.32. The zero-order chi connectivity index (χ0) is 18.0. The largest absolute Gasteiger partial charge is 0.506 e. The summed E-state index contributed by atoms with van der Waals surface area (Å²) in [4.78, 5) is 17.4. The van der Waals surface area contributed by atoms with Crippen LogP contribution in [0.5, 0.6) is 5.75 Å². The second kappa shape index (κ2) is 5.40. The first kappa shape index (κ1) is 15.6. The van der Waals surface area contributed by atoms with Crippen molar-refractivity contribution in [3.05, 3.63) is 74.6 Å². The maximum Gasteiger partial charge on any atom is 0.279 e. The van der Waals surface area contributed by atoms with Crippen LogP contribution in [0.2, 0.25) is 5.02 Å². The number of hydrogen-bond donors (Lipinski definition) is 1. The van der Waals surface area contributed by atoms with Crippen molar-refractivity contribution in [1.29, 1.82) is 0 Å². The van der Waals surface area contributed by atoms with E-state index < -0.39 is 0 Å². The summed E-state index contributed by atoms with van der Waals surface area (Å²) >= 11 is 7.58. The maximum atomic E-state index is 12.6. The van der Waals surface area contributed by atoms with Crippen molar-refractivity contribution in [2.45, 2.75) is 6.92 Å². The number of thiophene rings is 1. The highest BCUT2D eigenvalue weighted by atomic mass is 35.5. The average molecular weight is 378 g/mol. The van der Waals surface area contributed by atoms with Gasteiger partial charge in [-0.3, -0.25) is 4.79 Å². The van der Waals surface area contributed by atoms with Crippen molar-refractivity contribution >= 4 is 55.3 Å². The van der Waals surface area contributed by atoms with Gasteiger partial charge in [-0.25, -0.2) is 4.99 Å². The third kappa shape index (κ3) is 2.00. The van der Waals surface area contributed by atoms with Crippen LogP contribution < -0.4 is 10.6 Å². The average Bonchev–Trinajstić information content (AvgIpc) is 3.15. The van der Waals surface area contributed by atoms with E-state index in [1.807, 2.05) is 43.3 Å². The van der Waals surface area contributed by atoms with E-state index in [1.54, 1.807) is 12.1 Å². The van der Waals surface area contributed by atoms with Gasteiger partial charge in [-0.15, -0.1) is 11.3 Å². The molecule has 1 aromatic heterocycles. The SMILES string of the molecule is Cc1c(Cl)ccc2c1=NC(=O)C=2c1sc2ccc3ccccc3c2c1O. The van der Waals surface area contributed by atoms with Crippen molar-refractivity contribution in [2.24, 2.45) is 4.99 Å². The third-order valence-electron chi connectivity index (χ3n) is 4.84. The molecule has 2 heterocycles. The first-order chi connectivity index (χ1) is 12.6. The number of benzene rings is 3. The maximum absolute atomic E-state index is 12.6. The molecular weight excluding hydrogens is 366 g/mol. The Morgan fingerprint density at radius 1 is 1.08 bits per heavy atom. The highest BCUT2D eigenvalue weighted by molar-refractivity contribution is 7.21. The van der Waals surface area contributed by atoms with Crippen LogP contribution >= 0.6 is 22.9 Å². The van der Waals surface area contributed by atoms with Gasteiger partial charge in [-0.1, -0.05) is 48.0 Å². The van der Waals surface area contributed by atoms with E-state index >= 15 is 0 Å². The van der Waals surface area contributed by atoms with Crippen LogP contribution in [0.25, 0.3) is 26.4 Å². The smallest absolute Gasteiger partial charge is 0.279 e. The summed E-state index contributed by atoms with van der Waals surface area (Å²) in [5.74, 6) is -0.197. The Labute approximate surface area is 157 Å². The summed E-state index contributed by atoms with van der Waals surface area (Å²) in [5, 5.41) is 15.7. The van der Waals surface area contributed by atoms with E-state index in [9.17, 15) is 9.90 Å². The number of halogens is 1. The molecular formula is C21H12ClNO2S. The first-order valence-electron chi connectivity index (χ1n) is 8.12. The molecule has 3 nitrogen and oxygen atoms in total. The number of hydrogen-bond acceptors (Lipinski definition) is 3. The van der Waals surface area contributed by atoms with Gasteiger partial charge >= 0.3 is 0 Å². The van der Waals surface area contributed by atoms with Crippen LogP contribution in [0.4, 0.5) is 0 Å². The zero-order valence-electron chi connectivity index (χ0n) is 13.7. The fraction of sp³-hybridized carbons (Fsp3) is 0.0476. The van der Waals surface area contributed by atoms with Crippen LogP contribution in [0.1, 0.15) is 10.4 Å². The highest BCUT2D eigenvalue weighted by Crippen LogP contribution is 2.44. The van der Waals surface area contributed by atoms with Crippen molar-refractivity contribution in [1.82, 2.24) is 0 Å². The minimum Gasteiger partial charge on any atom is -0.506 e. The topological polar surface area (TPSA) is 49.7 Å². The van der Waals surface area contributed by atoms with Crippen LogP contribution in [0.3, 0.4) is 0 Å². The van der Waals surface area contributed by atoms with Gasteiger partial charge in [0.05, 0.1) is 15.8 Å². The lowest BCUT2D eigenvalue weighted by molar-refractivity contribution is -0.112. The number of fused-ring (bicyclic) bond motifs is 4. The molecule has 3 aromatic carbocycles. The number of nitrogens with zero attached hydrogens (tertiary/aromatic N) is 1. The minimum absolute atomic E-state index is 0.140. The summed E-state index contributed by atoms with van der Waals surface area (Å²) in [7, 11) is 0. The van der Waals surface area contributed by atoms with E-state index in [0.717, 1.165) is 31.6 Å². The fourth-order valence-electron chi connectivity index (χ4n) is 3.54. The van der Waals surface area contributed by atoms with Gasteiger partial charge in [0, 0.05) is 20.3 Å². The Hall–Kier alpha value is -2.69. The second-order valence-electron chi connectivity index (χ2n) is 6.30. The molecule has 1 aliphatic rings. The number of aromatic hydroxyl groups is 1. The number of rotatable bonds is 1. The molecule has 5 heteroatoms. The summed E-state index contributed by atoms with van der Waals surface area (Å²) in [6.07, 6.45) is 0. The molecule has 0 saturated heterocycles. The molecule has 0 atom stereocenters. The minimum atomic E-state index is -0.337. The lowest BCUT2D eigenvalue weighted by atomic mass is 10.0. The molecule has 0 bridgehead atoms. The van der Waals surface area contributed by atoms with Crippen molar-refractivity contribution in [3.63, 3.8) is 0 Å². The molecule has 126 valence electrons. The molecule has 5 rings (SSSR count). The molecule has 0 aliphatic carbocycles. The van der Waals surface area contributed by atoms with E-state index in [4.69, 9.17) is 11.6 Å². The normalized spacial score (nSPS) is 13.5. The fourth-order valence-corrected chi connectivity index (χ4v) is 4.85. The molecule has 0 unspecified atom stereocenters. The number of amides is 1. The van der Waals surface area contributed by atoms with Crippen LogP contribution in [-0.4, -0.2) is 11.0 Å². The Balaban J connectivity index is 1.92. The molecule has 1 amide bonds. The third-order valence-corrected chi connectivity index (χ3v) is 6.41. The van der Waals surface area contributed by atoms with E-state index in [-0.39, 0.29) is 11.7 Å². The van der Waals surface area contributed by atoms with Crippen LogP contribution in [-0.2, 0) is 4.79 Å². The van der Waals surface area contributed by atoms with Gasteiger partial charge in [-0.05, 0) is 35.4 Å². The van der Waals surface area contributed by atoms with Gasteiger partial charge in [-0.2, -0.15) is 0 Å². The summed E-state index contributed by atoms with van der Waals surface area (Å²) < 4.78 is 0.940. The number of carbonyl (C=O) groups excluding carboxylic acids is 1. The predicted molar refractivity (Wildman–Crippen MR) is 105 cm³/mol. The standard InChI is InChI=1S/C21H12ClNO2S/c1-10-14(22)8-7-13-17(21(25)23-18(10)13)20-19(24)16-12-5-3-2-4-11(12)6-9-15(16)26-20/h2-9,24H,1H3. The number of carbonyl (C=O) groups is 1. The Morgan fingerprint density at radius 2 is 1.88 bits per heavy atom. The molecule has 0 saturated carbocycles. The lowest BCUT2D eigenvalue weighted by Gasteiger charge is -2.01. The molecule has 4 aromatic rings. The van der Waals surface area contributed by atoms with Gasteiger partial charge in [0.15, 0.2) is 0 Å². The quantitative estimate of drug-likeness (QED) is 0.543. The summed E-state index contributed by atoms with van der Waals surface area (Å²) in [6.45, 7) is 1.85. The van der Waals surface area contributed by atoms with E-state index in [0.29, 0.717) is 20.8 Å². The van der Waals surface area contributed by atoms with Gasteiger partial charge in [0.1, 0.15) is 5.75 Å². The predicted octanol–water partition coefficient (Wildman–Crippen LogP) is 4.08. The molecule has 26 heavy (non-hydrogen) atoms. The Kier molecular flexibility index (Phi) is 3.23. The summed E-state index contributed by atoms with van der Waals surface area (Å²) in [5.41, 5.74) is 1.22. The molecule has 0 spiro atoms. The van der Waals surface area contributed by atoms with Crippen molar-refractivity contribution < 1.29 is 9.90 Å². The van der Waals surface area contributed by atoms with Crippen molar-refractivity contribution in [3.8, 4) is 5.75 Å². The van der Waals surface area contributed by atoms with E-state index in [1.165, 1.54) is 11.3 Å². The molecule has 0 radical (unpaired) electrons. The molecule has 0 fully saturated rings. The Morgan fingerprint density at radius 3 is 2.73 bits per heavy atom. The second-order valence-corrected chi connectivity index (χ2v) is 7.76. The monoisotopic (exact) mass is 377 g/mol. The van der Waals surface area contributed by atoms with Gasteiger partial charge in [0.25, 0.3) is 5.91 Å². The van der Waals surface area contributed by atoms with Crippen LogP contribution in [0.15, 0.2) is 53.5 Å². The summed E-state index contributed by atoms with van der Waals surface area (Å²) in [6, 6.07) is 15.5.